The molecule has 2 N–H and O–H groups in total. The Morgan fingerprint density at radius 3 is 2.52 bits per heavy atom. The molecule has 0 saturated heterocycles. The fourth-order valence-corrected chi connectivity index (χ4v) is 2.88. The molecule has 0 aliphatic heterocycles. The molecular weight excluding hydrogens is 288 g/mol. The van der Waals surface area contributed by atoms with E-state index in [1.165, 1.54) is 17.8 Å². The number of aromatic amines is 1. The zero-order valence-electron chi connectivity index (χ0n) is 14.1. The van der Waals surface area contributed by atoms with Crippen molar-refractivity contribution < 1.29 is 4.79 Å². The Morgan fingerprint density at radius 1 is 1.26 bits per heavy atom. The number of amides is 1. The van der Waals surface area contributed by atoms with E-state index < -0.39 is 0 Å². The summed E-state index contributed by atoms with van der Waals surface area (Å²) in [6, 6.07) is 11.6. The molecule has 1 atom stereocenters. The molecule has 4 heteroatoms. The Kier molecular flexibility index (Phi) is 5.04. The summed E-state index contributed by atoms with van der Waals surface area (Å²) in [6.07, 6.45) is 2.26. The summed E-state index contributed by atoms with van der Waals surface area (Å²) in [5.74, 6) is -0.331. The maximum Gasteiger partial charge on any atom is 0.256 e. The third kappa shape index (κ3) is 4.31. The van der Waals surface area contributed by atoms with Gasteiger partial charge >= 0.3 is 0 Å². The van der Waals surface area contributed by atoms with Gasteiger partial charge in [-0.15, -0.1) is 0 Å². The molecule has 1 aromatic heterocycles. The smallest absolute Gasteiger partial charge is 0.256 e. The fourth-order valence-electron chi connectivity index (χ4n) is 2.88. The molecule has 1 heterocycles. The van der Waals surface area contributed by atoms with Crippen LogP contribution >= 0.6 is 0 Å². The van der Waals surface area contributed by atoms with Crippen LogP contribution in [0, 0.1) is 6.92 Å². The quantitative estimate of drug-likeness (QED) is 0.891. The van der Waals surface area contributed by atoms with Gasteiger partial charge in [-0.2, -0.15) is 0 Å². The average molecular weight is 312 g/mol. The second kappa shape index (κ2) is 6.82. The van der Waals surface area contributed by atoms with E-state index in [1.807, 2.05) is 25.1 Å². The van der Waals surface area contributed by atoms with E-state index in [4.69, 9.17) is 0 Å². The Bertz CT molecular complexity index is 733. The molecule has 0 bridgehead atoms. The maximum absolute atomic E-state index is 12.3. The predicted molar refractivity (Wildman–Crippen MR) is 92.8 cm³/mol. The van der Waals surface area contributed by atoms with Crippen LogP contribution in [0.1, 0.15) is 48.8 Å². The van der Waals surface area contributed by atoms with Gasteiger partial charge in [0.05, 0.1) is 0 Å². The highest BCUT2D eigenvalue weighted by atomic mass is 16.2. The molecule has 4 nitrogen and oxygen atoms in total. The number of H-pyrrole nitrogens is 1. The summed E-state index contributed by atoms with van der Waals surface area (Å²) >= 11 is 0. The number of hydrogen-bond acceptors (Lipinski definition) is 2. The van der Waals surface area contributed by atoms with Gasteiger partial charge in [-0.25, -0.2) is 0 Å². The highest BCUT2D eigenvalue weighted by Crippen LogP contribution is 2.28. The lowest BCUT2D eigenvalue weighted by molar-refractivity contribution is 0.0933. The fraction of sp³-hybridized carbons (Fsp3) is 0.368. The van der Waals surface area contributed by atoms with Gasteiger partial charge in [0, 0.05) is 24.0 Å². The van der Waals surface area contributed by atoms with Crippen molar-refractivity contribution >= 4 is 5.91 Å². The first-order valence-electron chi connectivity index (χ1n) is 7.85. The van der Waals surface area contributed by atoms with Crippen molar-refractivity contribution in [3.05, 3.63) is 69.6 Å². The molecule has 122 valence electrons. The van der Waals surface area contributed by atoms with Gasteiger partial charge in [-0.1, -0.05) is 44.2 Å². The zero-order chi connectivity index (χ0) is 17.0. The summed E-state index contributed by atoms with van der Waals surface area (Å²) in [5.41, 5.74) is 1.81. The van der Waals surface area contributed by atoms with E-state index in [0.29, 0.717) is 0 Å². The minimum atomic E-state index is -0.331. The van der Waals surface area contributed by atoms with Gasteiger partial charge in [-0.3, -0.25) is 9.59 Å². The normalized spacial score (nSPS) is 12.7. The van der Waals surface area contributed by atoms with E-state index in [1.54, 1.807) is 6.92 Å². The first kappa shape index (κ1) is 17.0. The number of aromatic nitrogens is 1. The number of carbonyl (C=O) groups is 1. The second-order valence-corrected chi connectivity index (χ2v) is 6.72. The van der Waals surface area contributed by atoms with Gasteiger partial charge in [0.25, 0.3) is 5.91 Å². The largest absolute Gasteiger partial charge is 0.364 e. The van der Waals surface area contributed by atoms with Crippen LogP contribution in [0.25, 0.3) is 0 Å². The molecule has 0 saturated carbocycles. The minimum Gasteiger partial charge on any atom is -0.364 e. The first-order valence-corrected chi connectivity index (χ1v) is 7.85. The summed E-state index contributed by atoms with van der Waals surface area (Å²) < 4.78 is 0. The molecular formula is C19H24N2O2. The van der Waals surface area contributed by atoms with Crippen LogP contribution in [0.3, 0.4) is 0 Å². The Labute approximate surface area is 137 Å². The first-order chi connectivity index (χ1) is 10.8. The van der Waals surface area contributed by atoms with Crippen molar-refractivity contribution in [1.82, 2.24) is 10.3 Å². The van der Waals surface area contributed by atoms with E-state index in [0.717, 1.165) is 12.1 Å². The molecule has 2 rings (SSSR count). The number of rotatable bonds is 5. The molecule has 0 unspecified atom stereocenters. The number of benzene rings is 1. The highest BCUT2D eigenvalue weighted by molar-refractivity contribution is 5.93. The third-order valence-electron chi connectivity index (χ3n) is 4.05. The molecule has 0 spiro atoms. The molecule has 23 heavy (non-hydrogen) atoms. The van der Waals surface area contributed by atoms with Crippen LogP contribution < -0.4 is 10.7 Å². The molecule has 1 amide bonds. The van der Waals surface area contributed by atoms with Gasteiger partial charge in [0.15, 0.2) is 5.43 Å². The summed E-state index contributed by atoms with van der Waals surface area (Å²) in [6.45, 7) is 8.06. The summed E-state index contributed by atoms with van der Waals surface area (Å²) in [5, 5.41) is 2.92. The predicted octanol–water partition coefficient (Wildman–Crippen LogP) is 3.17. The van der Waals surface area contributed by atoms with E-state index in [2.05, 4.69) is 36.3 Å². The summed E-state index contributed by atoms with van der Waals surface area (Å²) in [4.78, 5) is 27.1. The lowest BCUT2D eigenvalue weighted by Gasteiger charge is -2.29. The van der Waals surface area contributed by atoms with E-state index >= 15 is 0 Å². The zero-order valence-corrected chi connectivity index (χ0v) is 14.1. The molecule has 2 aromatic rings. The lowest BCUT2D eigenvalue weighted by Crippen LogP contribution is -2.39. The summed E-state index contributed by atoms with van der Waals surface area (Å²) in [7, 11) is 0. The van der Waals surface area contributed by atoms with Gasteiger partial charge < -0.3 is 10.3 Å². The van der Waals surface area contributed by atoms with Crippen LogP contribution in [0.5, 0.6) is 0 Å². The average Bonchev–Trinajstić information content (AvgIpc) is 2.47. The van der Waals surface area contributed by atoms with Gasteiger partial charge in [-0.05, 0) is 31.2 Å². The number of hydrogen-bond donors (Lipinski definition) is 2. The minimum absolute atomic E-state index is 0.0431. The monoisotopic (exact) mass is 312 g/mol. The van der Waals surface area contributed by atoms with Crippen molar-refractivity contribution in [3.63, 3.8) is 0 Å². The number of aryl methyl sites for hydroxylation is 1. The molecule has 0 aliphatic rings. The van der Waals surface area contributed by atoms with Crippen LogP contribution in [-0.4, -0.2) is 16.9 Å². The Balaban J connectivity index is 2.05. The topological polar surface area (TPSA) is 62.0 Å². The number of pyridine rings is 1. The number of nitrogens with one attached hydrogen (secondary N) is 2. The second-order valence-electron chi connectivity index (χ2n) is 6.72. The van der Waals surface area contributed by atoms with Crippen molar-refractivity contribution in [2.45, 2.75) is 45.6 Å². The molecule has 0 fully saturated rings. The van der Waals surface area contributed by atoms with Crippen molar-refractivity contribution in [2.75, 3.05) is 0 Å². The maximum atomic E-state index is 12.3. The lowest BCUT2D eigenvalue weighted by atomic mass is 9.79. The Hall–Kier alpha value is -2.36. The molecule has 0 radical (unpaired) electrons. The molecule has 1 aromatic carbocycles. The van der Waals surface area contributed by atoms with Gasteiger partial charge in [0.1, 0.15) is 5.56 Å². The highest BCUT2D eigenvalue weighted by Gasteiger charge is 2.24. The Morgan fingerprint density at radius 2 is 1.91 bits per heavy atom. The van der Waals surface area contributed by atoms with E-state index in [-0.39, 0.29) is 28.4 Å². The SMILES string of the molecule is Cc1cc(=O)c(C(=O)N[C@@H](C)CC(C)(C)c2ccccc2)c[nH]1. The number of carbonyl (C=O) groups excluding carboxylic acids is 1. The van der Waals surface area contributed by atoms with Crippen LogP contribution in [0.4, 0.5) is 0 Å². The van der Waals surface area contributed by atoms with Crippen molar-refractivity contribution in [1.29, 1.82) is 0 Å². The van der Waals surface area contributed by atoms with Gasteiger partial charge in [0.2, 0.25) is 0 Å². The van der Waals surface area contributed by atoms with Crippen LogP contribution in [0.15, 0.2) is 47.4 Å². The van der Waals surface area contributed by atoms with Crippen molar-refractivity contribution in [3.8, 4) is 0 Å². The van der Waals surface area contributed by atoms with Crippen LogP contribution in [0.2, 0.25) is 0 Å². The van der Waals surface area contributed by atoms with E-state index in [9.17, 15) is 9.59 Å². The third-order valence-corrected chi connectivity index (χ3v) is 4.05. The standard InChI is InChI=1S/C19H24N2O2/c1-13-10-17(22)16(12-20-13)18(23)21-14(2)11-19(3,4)15-8-6-5-7-9-15/h5-10,12,14H,11H2,1-4H3,(H,20,22)(H,21,23)/t14-/m0/s1. The van der Waals surface area contributed by atoms with Crippen molar-refractivity contribution in [2.24, 2.45) is 0 Å². The van der Waals surface area contributed by atoms with Crippen LogP contribution in [-0.2, 0) is 5.41 Å². The molecule has 0 aliphatic carbocycles.